The van der Waals surface area contributed by atoms with E-state index in [4.69, 9.17) is 9.47 Å². The van der Waals surface area contributed by atoms with E-state index in [0.717, 1.165) is 62.2 Å². The molecule has 1 heterocycles. The lowest BCUT2D eigenvalue weighted by Gasteiger charge is -2.34. The first-order valence-corrected chi connectivity index (χ1v) is 11.2. The monoisotopic (exact) mass is 567 g/mol. The summed E-state index contributed by atoms with van der Waals surface area (Å²) in [5.74, 6) is 2.49. The Morgan fingerprint density at radius 3 is 2.18 bits per heavy atom. The molecule has 7 nitrogen and oxygen atoms in total. The van der Waals surface area contributed by atoms with Gasteiger partial charge in [0.15, 0.2) is 5.96 Å². The van der Waals surface area contributed by atoms with Gasteiger partial charge in [0, 0.05) is 63.2 Å². The van der Waals surface area contributed by atoms with E-state index in [1.807, 2.05) is 13.1 Å². The molecule has 0 spiro atoms. The molecular weight excluding hydrogens is 529 g/mol. The van der Waals surface area contributed by atoms with Crippen molar-refractivity contribution in [1.29, 1.82) is 0 Å². The highest BCUT2D eigenvalue weighted by molar-refractivity contribution is 14.0. The number of nitrogens with zero attached hydrogens (tertiary/aromatic N) is 3. The summed E-state index contributed by atoms with van der Waals surface area (Å²) in [6, 6.07) is 15.0. The third-order valence-electron chi connectivity index (χ3n) is 5.81. The number of piperidine rings is 1. The molecule has 1 fully saturated rings. The van der Waals surface area contributed by atoms with Crippen LogP contribution in [0.4, 0.5) is 5.69 Å². The van der Waals surface area contributed by atoms with E-state index < -0.39 is 0 Å². The second-order valence-electron chi connectivity index (χ2n) is 8.41. The maximum absolute atomic E-state index is 5.42. The summed E-state index contributed by atoms with van der Waals surface area (Å²) >= 11 is 0. The Labute approximate surface area is 215 Å². The lowest BCUT2D eigenvalue weighted by atomic mass is 10.0. The van der Waals surface area contributed by atoms with Gasteiger partial charge in [-0.2, -0.15) is 0 Å². The second-order valence-corrected chi connectivity index (χ2v) is 8.41. The third-order valence-corrected chi connectivity index (χ3v) is 5.81. The maximum Gasteiger partial charge on any atom is 0.191 e. The molecular formula is C25H38IN5O2. The zero-order valence-corrected chi connectivity index (χ0v) is 22.8. The Kier molecular flexibility index (Phi) is 11.1. The van der Waals surface area contributed by atoms with Gasteiger partial charge in [-0.05, 0) is 38.1 Å². The minimum Gasteiger partial charge on any atom is -0.497 e. The summed E-state index contributed by atoms with van der Waals surface area (Å²) in [4.78, 5) is 9.03. The molecule has 0 bridgehead atoms. The van der Waals surface area contributed by atoms with E-state index >= 15 is 0 Å². The molecule has 182 valence electrons. The Morgan fingerprint density at radius 2 is 1.64 bits per heavy atom. The molecule has 0 unspecified atom stereocenters. The lowest BCUT2D eigenvalue weighted by Crippen LogP contribution is -2.48. The van der Waals surface area contributed by atoms with Crippen LogP contribution in [0.25, 0.3) is 0 Å². The number of hydrogen-bond acceptors (Lipinski definition) is 5. The molecule has 0 amide bonds. The molecule has 1 saturated heterocycles. The molecule has 0 radical (unpaired) electrons. The van der Waals surface area contributed by atoms with Gasteiger partial charge in [0.05, 0.1) is 14.2 Å². The topological polar surface area (TPSA) is 61.4 Å². The van der Waals surface area contributed by atoms with Crippen LogP contribution in [0, 0.1) is 0 Å². The summed E-state index contributed by atoms with van der Waals surface area (Å²) in [6.07, 6.45) is 2.08. The standard InChI is InChI=1S/C25H37N5O2.HI/c1-26-25(27-17-19-8-6-7-9-20(19)18-29(2)3)28-21-10-12-30(13-11-21)22-14-23(31-4)16-24(15-22)32-5;/h6-9,14-16,21H,10-13,17-18H2,1-5H3,(H2,26,27,28);1H. The van der Waals surface area contributed by atoms with Crippen LogP contribution in [0.15, 0.2) is 47.5 Å². The van der Waals surface area contributed by atoms with Crippen LogP contribution in [-0.2, 0) is 13.1 Å². The average Bonchev–Trinajstić information content (AvgIpc) is 2.82. The Bertz CT molecular complexity index is 876. The zero-order chi connectivity index (χ0) is 22.9. The first-order valence-electron chi connectivity index (χ1n) is 11.2. The Morgan fingerprint density at radius 1 is 1.03 bits per heavy atom. The van der Waals surface area contributed by atoms with Gasteiger partial charge in [-0.15, -0.1) is 24.0 Å². The van der Waals surface area contributed by atoms with Crippen molar-refractivity contribution in [3.8, 4) is 11.5 Å². The summed E-state index contributed by atoms with van der Waals surface area (Å²) in [5.41, 5.74) is 3.77. The van der Waals surface area contributed by atoms with Crippen molar-refractivity contribution in [1.82, 2.24) is 15.5 Å². The molecule has 2 N–H and O–H groups in total. The number of guanidine groups is 1. The van der Waals surface area contributed by atoms with Crippen LogP contribution < -0.4 is 25.0 Å². The van der Waals surface area contributed by atoms with Gasteiger partial charge in [-0.1, -0.05) is 24.3 Å². The largest absolute Gasteiger partial charge is 0.497 e. The SMILES string of the molecule is CN=C(NCc1ccccc1CN(C)C)NC1CCN(c2cc(OC)cc(OC)c2)CC1.I. The molecule has 0 aromatic heterocycles. The molecule has 2 aromatic rings. The highest BCUT2D eigenvalue weighted by Gasteiger charge is 2.21. The maximum atomic E-state index is 5.42. The quantitative estimate of drug-likeness (QED) is 0.288. The number of aliphatic imine (C=N–C) groups is 1. The second kappa shape index (κ2) is 13.5. The zero-order valence-electron chi connectivity index (χ0n) is 20.4. The average molecular weight is 568 g/mol. The normalized spacial score (nSPS) is 14.6. The summed E-state index contributed by atoms with van der Waals surface area (Å²) in [5, 5.41) is 7.10. The lowest BCUT2D eigenvalue weighted by molar-refractivity contribution is 0.393. The van der Waals surface area contributed by atoms with Crippen LogP contribution in [0.2, 0.25) is 0 Å². The number of ether oxygens (including phenoxy) is 2. The van der Waals surface area contributed by atoms with E-state index in [9.17, 15) is 0 Å². The molecule has 0 saturated carbocycles. The number of rotatable bonds is 8. The fourth-order valence-electron chi connectivity index (χ4n) is 4.05. The summed E-state index contributed by atoms with van der Waals surface area (Å²) < 4.78 is 10.8. The van der Waals surface area contributed by atoms with Crippen molar-refractivity contribution in [2.45, 2.75) is 32.0 Å². The third kappa shape index (κ3) is 7.96. The molecule has 2 aromatic carbocycles. The van der Waals surface area contributed by atoms with Crippen LogP contribution in [0.3, 0.4) is 0 Å². The van der Waals surface area contributed by atoms with Crippen LogP contribution in [-0.4, -0.2) is 65.4 Å². The van der Waals surface area contributed by atoms with Crippen LogP contribution in [0.1, 0.15) is 24.0 Å². The van der Waals surface area contributed by atoms with Crippen molar-refractivity contribution >= 4 is 35.6 Å². The number of hydrogen-bond donors (Lipinski definition) is 2. The molecule has 1 aliphatic rings. The summed E-state index contributed by atoms with van der Waals surface area (Å²) in [7, 11) is 9.40. The van der Waals surface area contributed by atoms with Crippen molar-refractivity contribution in [3.05, 3.63) is 53.6 Å². The minimum absolute atomic E-state index is 0. The van der Waals surface area contributed by atoms with Gasteiger partial charge in [0.2, 0.25) is 0 Å². The molecule has 33 heavy (non-hydrogen) atoms. The molecule has 0 aliphatic carbocycles. The number of benzene rings is 2. The minimum atomic E-state index is 0. The molecule has 0 atom stereocenters. The number of anilines is 1. The van der Waals surface area contributed by atoms with Crippen LogP contribution in [0.5, 0.6) is 11.5 Å². The predicted molar refractivity (Wildman–Crippen MR) is 147 cm³/mol. The van der Waals surface area contributed by atoms with Gasteiger partial charge in [-0.3, -0.25) is 4.99 Å². The number of nitrogens with one attached hydrogen (secondary N) is 2. The Balaban J connectivity index is 0.00000385. The highest BCUT2D eigenvalue weighted by atomic mass is 127. The molecule has 3 rings (SSSR count). The van der Waals surface area contributed by atoms with E-state index in [1.165, 1.54) is 11.1 Å². The van der Waals surface area contributed by atoms with Crippen molar-refractivity contribution < 1.29 is 9.47 Å². The van der Waals surface area contributed by atoms with Gasteiger partial charge in [-0.25, -0.2) is 0 Å². The molecule has 1 aliphatic heterocycles. The van der Waals surface area contributed by atoms with E-state index in [-0.39, 0.29) is 24.0 Å². The molecule has 8 heteroatoms. The number of methoxy groups -OCH3 is 2. The Hall–Kier alpha value is -2.20. The van der Waals surface area contributed by atoms with Crippen molar-refractivity contribution in [3.63, 3.8) is 0 Å². The fourth-order valence-corrected chi connectivity index (χ4v) is 4.05. The first-order chi connectivity index (χ1) is 15.5. The fraction of sp³-hybridized carbons (Fsp3) is 0.480. The van der Waals surface area contributed by atoms with Crippen molar-refractivity contribution in [2.75, 3.05) is 53.4 Å². The van der Waals surface area contributed by atoms with Gasteiger partial charge in [0.1, 0.15) is 11.5 Å². The van der Waals surface area contributed by atoms with E-state index in [1.54, 1.807) is 14.2 Å². The highest BCUT2D eigenvalue weighted by Crippen LogP contribution is 2.30. The van der Waals surface area contributed by atoms with Gasteiger partial charge < -0.3 is 29.9 Å². The number of halogens is 1. The smallest absolute Gasteiger partial charge is 0.191 e. The van der Waals surface area contributed by atoms with Gasteiger partial charge in [0.25, 0.3) is 0 Å². The van der Waals surface area contributed by atoms with Crippen molar-refractivity contribution in [2.24, 2.45) is 4.99 Å². The predicted octanol–water partition coefficient (Wildman–Crippen LogP) is 3.72. The van der Waals surface area contributed by atoms with E-state index in [2.05, 4.69) is 75.9 Å². The summed E-state index contributed by atoms with van der Waals surface area (Å²) in [6.45, 7) is 3.62. The van der Waals surface area contributed by atoms with E-state index in [0.29, 0.717) is 6.04 Å². The van der Waals surface area contributed by atoms with Gasteiger partial charge >= 0.3 is 0 Å². The first kappa shape index (κ1) is 27.0. The van der Waals surface area contributed by atoms with Crippen LogP contribution >= 0.6 is 24.0 Å².